The Kier molecular flexibility index (Phi) is 7.50. The summed E-state index contributed by atoms with van der Waals surface area (Å²) in [5, 5.41) is 5.26. The topological polar surface area (TPSA) is 78.5 Å². The summed E-state index contributed by atoms with van der Waals surface area (Å²) in [4.78, 5) is 36.7. The predicted molar refractivity (Wildman–Crippen MR) is 91.4 cm³/mol. The highest BCUT2D eigenvalue weighted by molar-refractivity contribution is 5.94. The Morgan fingerprint density at radius 3 is 2.58 bits per heavy atom. The van der Waals surface area contributed by atoms with Crippen molar-refractivity contribution in [1.29, 1.82) is 0 Å². The number of carbonyl (C=O) groups excluding carboxylic acids is 3. The van der Waals surface area contributed by atoms with E-state index in [1.165, 1.54) is 0 Å². The van der Waals surface area contributed by atoms with Gasteiger partial charge in [0.15, 0.2) is 0 Å². The molecular formula is C18H23F2N3O3. The number of carbonyl (C=O) groups is 3. The molecule has 1 aromatic rings. The molecule has 142 valence electrons. The summed E-state index contributed by atoms with van der Waals surface area (Å²) in [6.07, 6.45) is 2.86. The van der Waals surface area contributed by atoms with E-state index in [9.17, 15) is 23.2 Å². The summed E-state index contributed by atoms with van der Waals surface area (Å²) in [7, 11) is 0. The van der Waals surface area contributed by atoms with E-state index in [2.05, 4.69) is 10.6 Å². The minimum Gasteiger partial charge on any atom is -0.356 e. The number of nitrogens with one attached hydrogen (secondary N) is 2. The summed E-state index contributed by atoms with van der Waals surface area (Å²) in [6, 6.07) is 2.75. The number of hydrogen-bond donors (Lipinski definition) is 2. The van der Waals surface area contributed by atoms with Gasteiger partial charge in [-0.15, -0.1) is 0 Å². The molecule has 1 aliphatic heterocycles. The van der Waals surface area contributed by atoms with Gasteiger partial charge < -0.3 is 15.5 Å². The maximum Gasteiger partial charge on any atom is 0.254 e. The third-order valence-electron chi connectivity index (χ3n) is 4.14. The van der Waals surface area contributed by atoms with Crippen LogP contribution in [0.5, 0.6) is 0 Å². The molecule has 1 aromatic carbocycles. The third kappa shape index (κ3) is 6.09. The van der Waals surface area contributed by atoms with Crippen molar-refractivity contribution in [2.45, 2.75) is 32.1 Å². The second kappa shape index (κ2) is 9.84. The Hall–Kier alpha value is -2.51. The van der Waals surface area contributed by atoms with E-state index < -0.39 is 17.5 Å². The summed E-state index contributed by atoms with van der Waals surface area (Å²) in [5.41, 5.74) is -0.229. The van der Waals surface area contributed by atoms with Crippen molar-refractivity contribution >= 4 is 17.7 Å². The van der Waals surface area contributed by atoms with Gasteiger partial charge in [-0.25, -0.2) is 8.78 Å². The lowest BCUT2D eigenvalue weighted by atomic mass is 10.2. The van der Waals surface area contributed by atoms with Crippen molar-refractivity contribution in [3.05, 3.63) is 35.4 Å². The molecule has 6 nitrogen and oxygen atoms in total. The van der Waals surface area contributed by atoms with Gasteiger partial charge in [0.25, 0.3) is 5.91 Å². The fourth-order valence-corrected chi connectivity index (χ4v) is 2.75. The molecule has 1 saturated heterocycles. The summed E-state index contributed by atoms with van der Waals surface area (Å²) in [5.74, 6) is -2.27. The number of nitrogens with zero attached hydrogens (tertiary/aromatic N) is 1. The van der Waals surface area contributed by atoms with Crippen LogP contribution in [-0.4, -0.2) is 48.8 Å². The zero-order valence-electron chi connectivity index (χ0n) is 14.5. The lowest BCUT2D eigenvalue weighted by Crippen LogP contribution is -2.31. The van der Waals surface area contributed by atoms with E-state index in [4.69, 9.17) is 0 Å². The number of amides is 3. The van der Waals surface area contributed by atoms with Crippen LogP contribution < -0.4 is 10.6 Å². The van der Waals surface area contributed by atoms with E-state index >= 15 is 0 Å². The molecule has 26 heavy (non-hydrogen) atoms. The molecule has 1 fully saturated rings. The molecule has 2 rings (SSSR count). The quantitative estimate of drug-likeness (QED) is 0.651. The van der Waals surface area contributed by atoms with Crippen LogP contribution in [0, 0.1) is 11.6 Å². The van der Waals surface area contributed by atoms with Crippen LogP contribution in [0.2, 0.25) is 0 Å². The minimum atomic E-state index is -0.920. The van der Waals surface area contributed by atoms with Gasteiger partial charge in [0.05, 0.1) is 5.56 Å². The van der Waals surface area contributed by atoms with Gasteiger partial charge in [0, 0.05) is 45.1 Å². The van der Waals surface area contributed by atoms with Crippen molar-refractivity contribution in [2.24, 2.45) is 0 Å². The molecule has 0 saturated carbocycles. The Balaban J connectivity index is 1.55. The Bertz CT molecular complexity index is 667. The highest BCUT2D eigenvalue weighted by Crippen LogP contribution is 2.10. The van der Waals surface area contributed by atoms with Crippen LogP contribution in [0.25, 0.3) is 0 Å². The van der Waals surface area contributed by atoms with Crippen LogP contribution in [0.4, 0.5) is 8.78 Å². The van der Waals surface area contributed by atoms with E-state index in [-0.39, 0.29) is 30.3 Å². The molecule has 0 radical (unpaired) electrons. The molecule has 0 bridgehead atoms. The zero-order chi connectivity index (χ0) is 18.9. The van der Waals surface area contributed by atoms with Crippen molar-refractivity contribution in [1.82, 2.24) is 15.5 Å². The summed E-state index contributed by atoms with van der Waals surface area (Å²) < 4.78 is 26.3. The zero-order valence-corrected chi connectivity index (χ0v) is 14.5. The molecule has 8 heteroatoms. The molecule has 0 aromatic heterocycles. The van der Waals surface area contributed by atoms with Gasteiger partial charge in [-0.3, -0.25) is 14.4 Å². The maximum atomic E-state index is 13.5. The largest absolute Gasteiger partial charge is 0.356 e. The molecule has 1 heterocycles. The highest BCUT2D eigenvalue weighted by Gasteiger charge is 2.19. The second-order valence-corrected chi connectivity index (χ2v) is 6.17. The smallest absolute Gasteiger partial charge is 0.254 e. The van der Waals surface area contributed by atoms with Crippen LogP contribution in [0.15, 0.2) is 18.2 Å². The van der Waals surface area contributed by atoms with E-state index in [1.54, 1.807) is 4.90 Å². The van der Waals surface area contributed by atoms with Crippen LogP contribution in [0.3, 0.4) is 0 Å². The fraction of sp³-hybridized carbons (Fsp3) is 0.500. The number of halogens is 2. The number of likely N-dealkylation sites (tertiary alicyclic amines) is 1. The van der Waals surface area contributed by atoms with Gasteiger partial charge in [0.2, 0.25) is 11.8 Å². The molecule has 3 amide bonds. The average Bonchev–Trinajstić information content (AvgIpc) is 3.00. The second-order valence-electron chi connectivity index (χ2n) is 6.17. The molecule has 0 atom stereocenters. The third-order valence-corrected chi connectivity index (χ3v) is 4.14. The van der Waals surface area contributed by atoms with Gasteiger partial charge in [-0.1, -0.05) is 0 Å². The molecular weight excluding hydrogens is 344 g/mol. The van der Waals surface area contributed by atoms with E-state index in [0.717, 1.165) is 25.1 Å². The SMILES string of the molecule is O=C(CCCNC(=O)c1ccc(F)cc1F)NCCCN1CCCC1=O. The van der Waals surface area contributed by atoms with Gasteiger partial charge in [0.1, 0.15) is 11.6 Å². The Labute approximate surface area is 150 Å². The van der Waals surface area contributed by atoms with Crippen molar-refractivity contribution in [3.63, 3.8) is 0 Å². The molecule has 2 N–H and O–H groups in total. The molecule has 1 aliphatic rings. The fourth-order valence-electron chi connectivity index (χ4n) is 2.75. The number of benzene rings is 1. The van der Waals surface area contributed by atoms with E-state index in [1.807, 2.05) is 0 Å². The average molecular weight is 367 g/mol. The van der Waals surface area contributed by atoms with Crippen LogP contribution >= 0.6 is 0 Å². The number of rotatable bonds is 9. The summed E-state index contributed by atoms with van der Waals surface area (Å²) >= 11 is 0. The summed E-state index contributed by atoms with van der Waals surface area (Å²) in [6.45, 7) is 2.15. The van der Waals surface area contributed by atoms with Crippen molar-refractivity contribution in [3.8, 4) is 0 Å². The first kappa shape index (κ1) is 19.8. The van der Waals surface area contributed by atoms with Gasteiger partial charge in [-0.05, 0) is 31.4 Å². The van der Waals surface area contributed by atoms with Crippen LogP contribution in [-0.2, 0) is 9.59 Å². The lowest BCUT2D eigenvalue weighted by molar-refractivity contribution is -0.127. The maximum absolute atomic E-state index is 13.5. The highest BCUT2D eigenvalue weighted by atomic mass is 19.1. The lowest BCUT2D eigenvalue weighted by Gasteiger charge is -2.15. The van der Waals surface area contributed by atoms with Crippen LogP contribution in [0.1, 0.15) is 42.5 Å². The molecule has 0 unspecified atom stereocenters. The van der Waals surface area contributed by atoms with E-state index in [0.29, 0.717) is 38.4 Å². The normalized spacial score (nSPS) is 13.8. The molecule has 0 aliphatic carbocycles. The van der Waals surface area contributed by atoms with Crippen molar-refractivity contribution in [2.75, 3.05) is 26.2 Å². The van der Waals surface area contributed by atoms with Gasteiger partial charge >= 0.3 is 0 Å². The Morgan fingerprint density at radius 2 is 1.88 bits per heavy atom. The van der Waals surface area contributed by atoms with Crippen molar-refractivity contribution < 1.29 is 23.2 Å². The minimum absolute atomic E-state index is 0.139. The molecule has 0 spiro atoms. The van der Waals surface area contributed by atoms with Gasteiger partial charge in [-0.2, -0.15) is 0 Å². The first-order valence-electron chi connectivity index (χ1n) is 8.75. The predicted octanol–water partition coefficient (Wildman–Crippen LogP) is 1.60. The monoisotopic (exact) mass is 367 g/mol. The number of hydrogen-bond acceptors (Lipinski definition) is 3. The first-order chi connectivity index (χ1) is 12.5. The standard InChI is InChI=1S/C18H23F2N3O3/c19-13-6-7-14(15(20)12-13)18(26)22-8-1-4-16(24)21-9-3-11-23-10-2-5-17(23)25/h6-7,12H,1-5,8-11H2,(H,21,24)(H,22,26). The first-order valence-corrected chi connectivity index (χ1v) is 8.75. The Morgan fingerprint density at radius 1 is 1.12 bits per heavy atom.